The van der Waals surface area contributed by atoms with Crippen LogP contribution in [0.5, 0.6) is 0 Å². The predicted molar refractivity (Wildman–Crippen MR) is 139 cm³/mol. The number of benzene rings is 2. The van der Waals surface area contributed by atoms with Gasteiger partial charge in [0.2, 0.25) is 5.91 Å². The number of carbonyl (C=O) groups excluding carboxylic acids is 2. The van der Waals surface area contributed by atoms with Crippen LogP contribution < -0.4 is 5.32 Å². The highest BCUT2D eigenvalue weighted by Gasteiger charge is 2.42. The Bertz CT molecular complexity index is 1290. The lowest BCUT2D eigenvalue weighted by Crippen LogP contribution is -2.43. The number of thioether (sulfide) groups is 1. The third-order valence-corrected chi connectivity index (χ3v) is 7.24. The quantitative estimate of drug-likeness (QED) is 0.548. The van der Waals surface area contributed by atoms with Crippen molar-refractivity contribution < 1.29 is 9.59 Å². The summed E-state index contributed by atoms with van der Waals surface area (Å²) in [6.45, 7) is 2.35. The first-order chi connectivity index (χ1) is 17.1. The van der Waals surface area contributed by atoms with Crippen molar-refractivity contribution in [3.8, 4) is 0 Å². The standard InChI is InChI=1S/C27H25N5O2S/c1-2-23(25(33)29-17-19-11-8-14-28-16-19)35-27-31-21-13-7-6-12-20(21)24-30-22(26(34)32(24)27)15-18-9-4-3-5-10-18/h3-14,16,22-23H,2,15,17H2,1H3,(H,29,33). The molecule has 2 aliphatic heterocycles. The molecule has 2 atom stereocenters. The maximum absolute atomic E-state index is 13.5. The van der Waals surface area contributed by atoms with Crippen LogP contribution in [0.2, 0.25) is 0 Å². The Kier molecular flexibility index (Phi) is 6.72. The molecule has 0 bridgehead atoms. The van der Waals surface area contributed by atoms with Crippen molar-refractivity contribution in [1.82, 2.24) is 15.2 Å². The van der Waals surface area contributed by atoms with E-state index < -0.39 is 11.3 Å². The van der Waals surface area contributed by atoms with Gasteiger partial charge in [0, 0.05) is 30.9 Å². The van der Waals surface area contributed by atoms with Crippen LogP contribution in [0.3, 0.4) is 0 Å². The Labute approximate surface area is 208 Å². The van der Waals surface area contributed by atoms with E-state index in [0.717, 1.165) is 22.4 Å². The average Bonchev–Trinajstić information content (AvgIpc) is 3.23. The van der Waals surface area contributed by atoms with Crippen molar-refractivity contribution >= 4 is 40.3 Å². The van der Waals surface area contributed by atoms with Crippen LogP contribution in [0.25, 0.3) is 0 Å². The number of hydrogen-bond donors (Lipinski definition) is 1. The molecule has 0 saturated heterocycles. The van der Waals surface area contributed by atoms with Gasteiger partial charge in [0.25, 0.3) is 5.91 Å². The molecule has 1 N–H and O–H groups in total. The van der Waals surface area contributed by atoms with Crippen molar-refractivity contribution in [3.05, 3.63) is 95.8 Å². The van der Waals surface area contributed by atoms with Crippen molar-refractivity contribution in [1.29, 1.82) is 0 Å². The summed E-state index contributed by atoms with van der Waals surface area (Å²) in [5.74, 6) is 0.388. The first-order valence-electron chi connectivity index (χ1n) is 11.6. The van der Waals surface area contributed by atoms with Gasteiger partial charge in [0.1, 0.15) is 11.9 Å². The number of aliphatic imine (C=N–C) groups is 2. The van der Waals surface area contributed by atoms with E-state index in [2.05, 4.69) is 10.3 Å². The SMILES string of the molecule is CCC(SC1=Nc2ccccc2C2=NC(Cc3ccccc3)C(=O)N12)C(=O)NCc1cccnc1. The Balaban J connectivity index is 1.38. The highest BCUT2D eigenvalue weighted by atomic mass is 32.2. The number of nitrogens with zero attached hydrogens (tertiary/aromatic N) is 4. The van der Waals surface area contributed by atoms with E-state index in [1.165, 1.54) is 11.8 Å². The lowest BCUT2D eigenvalue weighted by atomic mass is 10.1. The summed E-state index contributed by atoms with van der Waals surface area (Å²) in [5.41, 5.74) is 3.56. The number of amidine groups is 2. The number of hydrogen-bond acceptors (Lipinski definition) is 6. The number of rotatable bonds is 7. The molecule has 176 valence electrons. The molecule has 5 rings (SSSR count). The molecule has 0 radical (unpaired) electrons. The molecule has 0 fully saturated rings. The van der Waals surface area contributed by atoms with Gasteiger partial charge in [-0.1, -0.05) is 67.2 Å². The lowest BCUT2D eigenvalue weighted by Gasteiger charge is -2.27. The number of para-hydroxylation sites is 1. The molecule has 3 aromatic rings. The van der Waals surface area contributed by atoms with Crippen molar-refractivity contribution in [2.45, 2.75) is 37.6 Å². The van der Waals surface area contributed by atoms with E-state index in [9.17, 15) is 9.59 Å². The Morgan fingerprint density at radius 3 is 2.60 bits per heavy atom. The highest BCUT2D eigenvalue weighted by Crippen LogP contribution is 2.35. The zero-order chi connectivity index (χ0) is 24.2. The Hall–Kier alpha value is -3.78. The summed E-state index contributed by atoms with van der Waals surface area (Å²) in [7, 11) is 0. The van der Waals surface area contributed by atoms with Crippen LogP contribution in [0, 0.1) is 0 Å². The van der Waals surface area contributed by atoms with Crippen LogP contribution in [0.1, 0.15) is 30.0 Å². The lowest BCUT2D eigenvalue weighted by molar-refractivity contribution is -0.124. The maximum Gasteiger partial charge on any atom is 0.259 e. The third-order valence-electron chi connectivity index (χ3n) is 5.92. The fourth-order valence-corrected chi connectivity index (χ4v) is 5.15. The predicted octanol–water partition coefficient (Wildman–Crippen LogP) is 4.11. The number of fused-ring (bicyclic) bond motifs is 3. The fourth-order valence-electron chi connectivity index (χ4n) is 4.11. The summed E-state index contributed by atoms with van der Waals surface area (Å²) in [6.07, 6.45) is 4.54. The maximum atomic E-state index is 13.5. The molecule has 2 aliphatic rings. The Morgan fingerprint density at radius 2 is 1.83 bits per heavy atom. The van der Waals surface area contributed by atoms with Crippen LogP contribution in [0.15, 0.2) is 89.1 Å². The van der Waals surface area contributed by atoms with Crippen molar-refractivity contribution in [3.63, 3.8) is 0 Å². The van der Waals surface area contributed by atoms with Crippen LogP contribution >= 0.6 is 11.8 Å². The normalized spacial score (nSPS) is 17.2. The number of amides is 2. The van der Waals surface area contributed by atoms with Gasteiger partial charge in [-0.05, 0) is 35.7 Å². The van der Waals surface area contributed by atoms with Gasteiger partial charge in [0.05, 0.1) is 10.9 Å². The van der Waals surface area contributed by atoms with Gasteiger partial charge in [-0.3, -0.25) is 19.6 Å². The number of carbonyl (C=O) groups is 2. The molecule has 2 amide bonds. The number of nitrogens with one attached hydrogen (secondary N) is 1. The van der Waals surface area contributed by atoms with Gasteiger partial charge < -0.3 is 5.32 Å². The zero-order valence-electron chi connectivity index (χ0n) is 19.3. The first kappa shape index (κ1) is 23.0. The van der Waals surface area contributed by atoms with Gasteiger partial charge in [-0.25, -0.2) is 9.89 Å². The largest absolute Gasteiger partial charge is 0.351 e. The molecule has 2 unspecified atom stereocenters. The van der Waals surface area contributed by atoms with Gasteiger partial charge in [0.15, 0.2) is 5.17 Å². The molecule has 0 aliphatic carbocycles. The number of aromatic nitrogens is 1. The van der Waals surface area contributed by atoms with Gasteiger partial charge in [-0.15, -0.1) is 0 Å². The van der Waals surface area contributed by atoms with Gasteiger partial charge >= 0.3 is 0 Å². The van der Waals surface area contributed by atoms with Gasteiger partial charge in [-0.2, -0.15) is 0 Å². The van der Waals surface area contributed by atoms with E-state index in [4.69, 9.17) is 9.98 Å². The highest BCUT2D eigenvalue weighted by molar-refractivity contribution is 8.15. The molecular formula is C27H25N5O2S. The minimum absolute atomic E-state index is 0.103. The summed E-state index contributed by atoms with van der Waals surface area (Å²) < 4.78 is 0. The third kappa shape index (κ3) is 4.88. The smallest absolute Gasteiger partial charge is 0.259 e. The van der Waals surface area contributed by atoms with E-state index in [-0.39, 0.29) is 11.8 Å². The second kappa shape index (κ2) is 10.2. The number of pyridine rings is 1. The second-order valence-corrected chi connectivity index (χ2v) is 9.51. The topological polar surface area (TPSA) is 87.0 Å². The summed E-state index contributed by atoms with van der Waals surface area (Å²) in [6, 6.07) is 20.8. The molecule has 8 heteroatoms. The van der Waals surface area contributed by atoms with E-state index >= 15 is 0 Å². The monoisotopic (exact) mass is 483 g/mol. The summed E-state index contributed by atoms with van der Waals surface area (Å²) in [5, 5.41) is 3.07. The van der Waals surface area contributed by atoms with Crippen molar-refractivity contribution in [2.75, 3.05) is 0 Å². The second-order valence-electron chi connectivity index (χ2n) is 8.34. The van der Waals surface area contributed by atoms with Crippen molar-refractivity contribution in [2.24, 2.45) is 9.98 Å². The molecule has 0 spiro atoms. The minimum atomic E-state index is -0.524. The Morgan fingerprint density at radius 1 is 1.06 bits per heavy atom. The average molecular weight is 484 g/mol. The molecule has 35 heavy (non-hydrogen) atoms. The van der Waals surface area contributed by atoms with E-state index in [1.807, 2.05) is 73.7 Å². The molecular weight excluding hydrogens is 458 g/mol. The molecule has 1 aromatic heterocycles. The van der Waals surface area contributed by atoms with E-state index in [1.54, 1.807) is 17.3 Å². The summed E-state index contributed by atoms with van der Waals surface area (Å²) >= 11 is 1.31. The fraction of sp³-hybridized carbons (Fsp3) is 0.222. The minimum Gasteiger partial charge on any atom is -0.351 e. The first-order valence-corrected chi connectivity index (χ1v) is 12.5. The van der Waals surface area contributed by atoms with Crippen LogP contribution in [0.4, 0.5) is 5.69 Å². The molecule has 0 saturated carbocycles. The summed E-state index contributed by atoms with van der Waals surface area (Å²) in [4.78, 5) is 41.8. The molecule has 7 nitrogen and oxygen atoms in total. The zero-order valence-corrected chi connectivity index (χ0v) is 20.1. The molecule has 3 heterocycles. The van der Waals surface area contributed by atoms with E-state index in [0.29, 0.717) is 30.4 Å². The van der Waals surface area contributed by atoms with Crippen LogP contribution in [-0.2, 0) is 22.6 Å². The van der Waals surface area contributed by atoms with Crippen LogP contribution in [-0.4, -0.2) is 44.0 Å². The molecule has 2 aromatic carbocycles.